The highest BCUT2D eigenvalue weighted by molar-refractivity contribution is 5.92. The number of nitrogens with two attached hydrogens (primary N) is 1. The van der Waals surface area contributed by atoms with Gasteiger partial charge >= 0.3 is 0 Å². The van der Waals surface area contributed by atoms with Crippen molar-refractivity contribution in [2.45, 2.75) is 25.7 Å². The minimum Gasteiger partial charge on any atom is -0.497 e. The summed E-state index contributed by atoms with van der Waals surface area (Å²) in [5.74, 6) is 1.26. The maximum Gasteiger partial charge on any atom is 0.193 e. The SMILES string of the molecule is COc1cccc(NC(N)=NCCN2CCCCCC2)c1. The number of hydrogen-bond acceptors (Lipinski definition) is 3. The number of hydrogen-bond donors (Lipinski definition) is 2. The number of anilines is 1. The normalized spacial score (nSPS) is 17.3. The second kappa shape index (κ2) is 8.52. The van der Waals surface area contributed by atoms with Crippen LogP contribution in [0, 0.1) is 0 Å². The zero-order chi connectivity index (χ0) is 14.9. The predicted molar refractivity (Wildman–Crippen MR) is 88.0 cm³/mol. The molecule has 0 spiro atoms. The van der Waals surface area contributed by atoms with E-state index in [2.05, 4.69) is 15.2 Å². The van der Waals surface area contributed by atoms with E-state index in [1.54, 1.807) is 7.11 Å². The molecule has 1 aliphatic rings. The highest BCUT2D eigenvalue weighted by Gasteiger charge is 2.07. The number of aliphatic imine (C=N–C) groups is 1. The van der Waals surface area contributed by atoms with Crippen LogP contribution in [0.25, 0.3) is 0 Å². The molecule has 5 heteroatoms. The summed E-state index contributed by atoms with van der Waals surface area (Å²) in [6.07, 6.45) is 5.33. The van der Waals surface area contributed by atoms with Crippen LogP contribution in [0.4, 0.5) is 5.69 Å². The van der Waals surface area contributed by atoms with E-state index in [4.69, 9.17) is 10.5 Å². The second-order valence-corrected chi connectivity index (χ2v) is 5.38. The second-order valence-electron chi connectivity index (χ2n) is 5.38. The van der Waals surface area contributed by atoms with Gasteiger partial charge in [0.15, 0.2) is 5.96 Å². The van der Waals surface area contributed by atoms with E-state index in [1.807, 2.05) is 24.3 Å². The fourth-order valence-corrected chi connectivity index (χ4v) is 2.56. The van der Waals surface area contributed by atoms with Gasteiger partial charge in [0.1, 0.15) is 5.75 Å². The molecule has 1 aromatic rings. The van der Waals surface area contributed by atoms with Crippen molar-refractivity contribution in [3.63, 3.8) is 0 Å². The molecule has 2 rings (SSSR count). The fraction of sp³-hybridized carbons (Fsp3) is 0.562. The van der Waals surface area contributed by atoms with Gasteiger partial charge in [-0.1, -0.05) is 18.9 Å². The van der Waals surface area contributed by atoms with Crippen molar-refractivity contribution < 1.29 is 4.74 Å². The molecule has 0 saturated carbocycles. The summed E-state index contributed by atoms with van der Waals surface area (Å²) in [6.45, 7) is 4.11. The minimum atomic E-state index is 0.457. The number of guanidine groups is 1. The first-order valence-corrected chi connectivity index (χ1v) is 7.71. The summed E-state index contributed by atoms with van der Waals surface area (Å²) in [6, 6.07) is 7.67. The molecule has 0 aliphatic carbocycles. The van der Waals surface area contributed by atoms with Gasteiger partial charge in [-0.2, -0.15) is 0 Å². The lowest BCUT2D eigenvalue weighted by molar-refractivity contribution is 0.293. The van der Waals surface area contributed by atoms with Gasteiger partial charge in [0.05, 0.1) is 13.7 Å². The third-order valence-electron chi connectivity index (χ3n) is 3.74. The molecular weight excluding hydrogens is 264 g/mol. The van der Waals surface area contributed by atoms with Crippen molar-refractivity contribution >= 4 is 11.6 Å². The van der Waals surface area contributed by atoms with E-state index in [-0.39, 0.29) is 0 Å². The number of methoxy groups -OCH3 is 1. The fourth-order valence-electron chi connectivity index (χ4n) is 2.56. The molecule has 1 aliphatic heterocycles. The Morgan fingerprint density at radius 2 is 2.05 bits per heavy atom. The van der Waals surface area contributed by atoms with E-state index in [0.29, 0.717) is 5.96 Å². The molecule has 5 nitrogen and oxygen atoms in total. The van der Waals surface area contributed by atoms with Crippen LogP contribution in [0.5, 0.6) is 5.75 Å². The first-order valence-electron chi connectivity index (χ1n) is 7.71. The van der Waals surface area contributed by atoms with Gasteiger partial charge in [-0.3, -0.25) is 4.99 Å². The largest absolute Gasteiger partial charge is 0.497 e. The van der Waals surface area contributed by atoms with Crippen LogP contribution in [0.1, 0.15) is 25.7 Å². The number of likely N-dealkylation sites (tertiary alicyclic amines) is 1. The van der Waals surface area contributed by atoms with Crippen molar-refractivity contribution in [3.8, 4) is 5.75 Å². The molecule has 0 bridgehead atoms. The number of nitrogens with one attached hydrogen (secondary N) is 1. The summed E-state index contributed by atoms with van der Waals surface area (Å²) in [4.78, 5) is 6.88. The van der Waals surface area contributed by atoms with Crippen LogP contribution < -0.4 is 15.8 Å². The molecule has 21 heavy (non-hydrogen) atoms. The third kappa shape index (κ3) is 5.63. The average Bonchev–Trinajstić information content (AvgIpc) is 2.76. The van der Waals surface area contributed by atoms with E-state index < -0.39 is 0 Å². The molecule has 116 valence electrons. The Labute approximate surface area is 127 Å². The third-order valence-corrected chi connectivity index (χ3v) is 3.74. The van der Waals surface area contributed by atoms with Crippen molar-refractivity contribution in [1.82, 2.24) is 4.90 Å². The van der Waals surface area contributed by atoms with Crippen LogP contribution in [0.15, 0.2) is 29.3 Å². The Morgan fingerprint density at radius 3 is 2.76 bits per heavy atom. The summed E-state index contributed by atoms with van der Waals surface area (Å²) >= 11 is 0. The number of ether oxygens (including phenoxy) is 1. The van der Waals surface area contributed by atoms with E-state index in [0.717, 1.165) is 24.5 Å². The molecule has 1 fully saturated rings. The molecule has 3 N–H and O–H groups in total. The Balaban J connectivity index is 1.77. The van der Waals surface area contributed by atoms with Crippen molar-refractivity contribution in [1.29, 1.82) is 0 Å². The molecule has 1 aromatic carbocycles. The van der Waals surface area contributed by atoms with Gasteiger partial charge < -0.3 is 20.7 Å². The Kier molecular flexibility index (Phi) is 6.34. The molecular formula is C16H26N4O. The zero-order valence-electron chi connectivity index (χ0n) is 12.8. The predicted octanol–water partition coefficient (Wildman–Crippen LogP) is 2.30. The van der Waals surface area contributed by atoms with Crippen LogP contribution >= 0.6 is 0 Å². The van der Waals surface area contributed by atoms with Crippen molar-refractivity contribution in [2.75, 3.05) is 38.6 Å². The monoisotopic (exact) mass is 290 g/mol. The average molecular weight is 290 g/mol. The maximum atomic E-state index is 5.92. The van der Waals surface area contributed by atoms with Gasteiger partial charge in [-0.05, 0) is 38.1 Å². The maximum absolute atomic E-state index is 5.92. The van der Waals surface area contributed by atoms with Gasteiger partial charge in [0, 0.05) is 18.3 Å². The van der Waals surface area contributed by atoms with Gasteiger partial charge in [0.2, 0.25) is 0 Å². The van der Waals surface area contributed by atoms with Gasteiger partial charge in [-0.25, -0.2) is 0 Å². The Morgan fingerprint density at radius 1 is 1.29 bits per heavy atom. The van der Waals surface area contributed by atoms with Gasteiger partial charge in [0.25, 0.3) is 0 Å². The van der Waals surface area contributed by atoms with E-state index in [9.17, 15) is 0 Å². The first kappa shape index (κ1) is 15.6. The number of nitrogens with zero attached hydrogens (tertiary/aromatic N) is 2. The summed E-state index contributed by atoms with van der Waals surface area (Å²) in [7, 11) is 1.65. The number of rotatable bonds is 5. The molecule has 0 atom stereocenters. The van der Waals surface area contributed by atoms with Crippen LogP contribution in [0.2, 0.25) is 0 Å². The molecule has 0 amide bonds. The molecule has 1 saturated heterocycles. The van der Waals surface area contributed by atoms with Crippen LogP contribution in [-0.4, -0.2) is 44.1 Å². The topological polar surface area (TPSA) is 62.9 Å². The van der Waals surface area contributed by atoms with Crippen molar-refractivity contribution in [2.24, 2.45) is 10.7 Å². The summed E-state index contributed by atoms with van der Waals surface area (Å²) in [5.41, 5.74) is 6.82. The smallest absolute Gasteiger partial charge is 0.193 e. The van der Waals surface area contributed by atoms with Crippen molar-refractivity contribution in [3.05, 3.63) is 24.3 Å². The molecule has 0 aromatic heterocycles. The van der Waals surface area contributed by atoms with E-state index in [1.165, 1.54) is 38.8 Å². The first-order chi connectivity index (χ1) is 10.3. The Hall–Kier alpha value is -1.75. The van der Waals surface area contributed by atoms with E-state index >= 15 is 0 Å². The lowest BCUT2D eigenvalue weighted by Crippen LogP contribution is -2.29. The lowest BCUT2D eigenvalue weighted by atomic mass is 10.2. The summed E-state index contributed by atoms with van der Waals surface area (Å²) in [5, 5.41) is 3.10. The summed E-state index contributed by atoms with van der Waals surface area (Å²) < 4.78 is 5.18. The van der Waals surface area contributed by atoms with Crippen LogP contribution in [-0.2, 0) is 0 Å². The van der Waals surface area contributed by atoms with Crippen LogP contribution in [0.3, 0.4) is 0 Å². The zero-order valence-corrected chi connectivity index (χ0v) is 12.8. The number of benzene rings is 1. The molecule has 0 radical (unpaired) electrons. The highest BCUT2D eigenvalue weighted by atomic mass is 16.5. The molecule has 1 heterocycles. The minimum absolute atomic E-state index is 0.457. The molecule has 0 unspecified atom stereocenters. The quantitative estimate of drug-likeness (QED) is 0.645. The standard InChI is InChI=1S/C16H26N4O/c1-21-15-8-6-7-14(13-15)19-16(17)18-9-12-20-10-4-2-3-5-11-20/h6-8,13H,2-5,9-12H2,1H3,(H3,17,18,19). The van der Waals surface area contributed by atoms with Gasteiger partial charge in [-0.15, -0.1) is 0 Å². The highest BCUT2D eigenvalue weighted by Crippen LogP contribution is 2.16. The Bertz CT molecular complexity index is 453. The lowest BCUT2D eigenvalue weighted by Gasteiger charge is -2.18.